The first-order valence-corrected chi connectivity index (χ1v) is 8.37. The molecule has 24 heavy (non-hydrogen) atoms. The maximum atomic E-state index is 13.3. The minimum atomic E-state index is -0.173. The van der Waals surface area contributed by atoms with E-state index in [0.29, 0.717) is 17.8 Å². The molecule has 3 atom stereocenters. The molecule has 2 aliphatic heterocycles. The minimum absolute atomic E-state index is 0.173. The van der Waals surface area contributed by atoms with Crippen LogP contribution in [0, 0.1) is 17.7 Å². The molecule has 0 bridgehead atoms. The first-order chi connectivity index (χ1) is 11.8. The fourth-order valence-electron chi connectivity index (χ4n) is 3.73. The summed E-state index contributed by atoms with van der Waals surface area (Å²) in [6, 6.07) is 8.65. The number of nitrogens with one attached hydrogen (secondary N) is 1. The summed E-state index contributed by atoms with van der Waals surface area (Å²) in [6.45, 7) is 4.28. The molecule has 2 saturated heterocycles. The molecular formula is C18H21FN4O. The smallest absolute Gasteiger partial charge is 0.222 e. The van der Waals surface area contributed by atoms with Crippen LogP contribution in [0.1, 0.15) is 5.56 Å². The van der Waals surface area contributed by atoms with Crippen molar-refractivity contribution in [2.24, 2.45) is 11.8 Å². The number of hydrogen-bond donors (Lipinski definition) is 1. The zero-order valence-electron chi connectivity index (χ0n) is 13.4. The molecule has 1 aromatic carbocycles. The summed E-state index contributed by atoms with van der Waals surface area (Å²) in [5.41, 5.74) is 1.02. The molecule has 0 unspecified atom stereocenters. The van der Waals surface area contributed by atoms with Gasteiger partial charge in [0.15, 0.2) is 0 Å². The number of fused-ring (bicyclic) bond motifs is 1. The molecule has 6 heteroatoms. The summed E-state index contributed by atoms with van der Waals surface area (Å²) >= 11 is 0. The SMILES string of the molecule is Fc1cccc(CN2C[C@H]3[C@H](CNc4ncccn4)CO[C@H]3C2)c1. The number of likely N-dealkylation sites (tertiary alicyclic amines) is 1. The van der Waals surface area contributed by atoms with Gasteiger partial charge in [-0.1, -0.05) is 12.1 Å². The number of anilines is 1. The van der Waals surface area contributed by atoms with Gasteiger partial charge in [-0.25, -0.2) is 14.4 Å². The van der Waals surface area contributed by atoms with Crippen molar-refractivity contribution in [2.75, 3.05) is 31.6 Å². The highest BCUT2D eigenvalue weighted by Gasteiger charge is 2.43. The number of hydrogen-bond acceptors (Lipinski definition) is 5. The molecule has 0 aliphatic carbocycles. The van der Waals surface area contributed by atoms with Gasteiger partial charge < -0.3 is 10.1 Å². The molecule has 0 radical (unpaired) electrons. The number of halogens is 1. The molecule has 2 fully saturated rings. The van der Waals surface area contributed by atoms with Crippen LogP contribution in [0.25, 0.3) is 0 Å². The van der Waals surface area contributed by atoms with Gasteiger partial charge in [-0.2, -0.15) is 0 Å². The van der Waals surface area contributed by atoms with E-state index in [0.717, 1.165) is 38.3 Å². The fourth-order valence-corrected chi connectivity index (χ4v) is 3.73. The maximum absolute atomic E-state index is 13.3. The summed E-state index contributed by atoms with van der Waals surface area (Å²) in [4.78, 5) is 10.7. The summed E-state index contributed by atoms with van der Waals surface area (Å²) in [5.74, 6) is 1.45. The Hall–Kier alpha value is -2.05. The van der Waals surface area contributed by atoms with E-state index in [1.807, 2.05) is 6.07 Å². The highest BCUT2D eigenvalue weighted by Crippen LogP contribution is 2.34. The summed E-state index contributed by atoms with van der Waals surface area (Å²) < 4.78 is 19.3. The van der Waals surface area contributed by atoms with Crippen molar-refractivity contribution in [1.29, 1.82) is 0 Å². The lowest BCUT2D eigenvalue weighted by Gasteiger charge is -2.20. The second-order valence-electron chi connectivity index (χ2n) is 6.57. The number of ether oxygens (including phenoxy) is 1. The van der Waals surface area contributed by atoms with E-state index in [9.17, 15) is 4.39 Å². The zero-order chi connectivity index (χ0) is 16.4. The maximum Gasteiger partial charge on any atom is 0.222 e. The van der Waals surface area contributed by atoms with Gasteiger partial charge in [0.2, 0.25) is 5.95 Å². The Morgan fingerprint density at radius 1 is 1.21 bits per heavy atom. The average Bonchev–Trinajstić information content (AvgIpc) is 3.14. The third kappa shape index (κ3) is 3.39. The van der Waals surface area contributed by atoms with E-state index >= 15 is 0 Å². The topological polar surface area (TPSA) is 50.3 Å². The van der Waals surface area contributed by atoms with Crippen LogP contribution in [0.2, 0.25) is 0 Å². The highest BCUT2D eigenvalue weighted by molar-refractivity contribution is 5.22. The Morgan fingerprint density at radius 3 is 2.92 bits per heavy atom. The van der Waals surface area contributed by atoms with Crippen molar-refractivity contribution < 1.29 is 9.13 Å². The van der Waals surface area contributed by atoms with Crippen molar-refractivity contribution >= 4 is 5.95 Å². The van der Waals surface area contributed by atoms with Crippen LogP contribution in [0.3, 0.4) is 0 Å². The molecule has 5 nitrogen and oxygen atoms in total. The van der Waals surface area contributed by atoms with Crippen molar-refractivity contribution in [2.45, 2.75) is 12.6 Å². The predicted molar refractivity (Wildman–Crippen MR) is 88.9 cm³/mol. The summed E-state index contributed by atoms with van der Waals surface area (Å²) in [5, 5.41) is 3.30. The van der Waals surface area contributed by atoms with Crippen LogP contribution in [0.4, 0.5) is 10.3 Å². The first-order valence-electron chi connectivity index (χ1n) is 8.37. The van der Waals surface area contributed by atoms with E-state index in [-0.39, 0.29) is 11.9 Å². The fraction of sp³-hybridized carbons (Fsp3) is 0.444. The molecule has 0 amide bonds. The standard InChI is InChI=1S/C18H21FN4O/c19-15-4-1-3-13(7-15)9-23-10-16-14(12-24-17(16)11-23)8-22-18-20-5-2-6-21-18/h1-7,14,16-17H,8-12H2,(H,20,21,22)/t14-,16+,17+/m1/s1. The number of nitrogens with zero attached hydrogens (tertiary/aromatic N) is 3. The van der Waals surface area contributed by atoms with Crippen LogP contribution in [-0.4, -0.2) is 47.2 Å². The Kier molecular flexibility index (Phi) is 4.40. The van der Waals surface area contributed by atoms with E-state index < -0.39 is 0 Å². The first kappa shape index (κ1) is 15.5. The molecule has 4 rings (SSSR count). The lowest BCUT2D eigenvalue weighted by molar-refractivity contribution is 0.0946. The van der Waals surface area contributed by atoms with E-state index in [4.69, 9.17) is 4.74 Å². The van der Waals surface area contributed by atoms with Crippen molar-refractivity contribution in [1.82, 2.24) is 14.9 Å². The quantitative estimate of drug-likeness (QED) is 0.912. The largest absolute Gasteiger partial charge is 0.376 e. The third-order valence-electron chi connectivity index (χ3n) is 4.90. The second-order valence-corrected chi connectivity index (χ2v) is 6.57. The van der Waals surface area contributed by atoms with Crippen LogP contribution in [-0.2, 0) is 11.3 Å². The van der Waals surface area contributed by atoms with Gasteiger partial charge in [-0.15, -0.1) is 0 Å². The Bertz CT molecular complexity index is 684. The summed E-state index contributed by atoms with van der Waals surface area (Å²) in [7, 11) is 0. The van der Waals surface area contributed by atoms with Crippen LogP contribution >= 0.6 is 0 Å². The normalized spacial score (nSPS) is 26.5. The number of benzene rings is 1. The van der Waals surface area contributed by atoms with Gasteiger partial charge in [0, 0.05) is 50.4 Å². The summed E-state index contributed by atoms with van der Waals surface area (Å²) in [6.07, 6.45) is 3.75. The molecule has 2 aromatic rings. The van der Waals surface area contributed by atoms with E-state index in [2.05, 4.69) is 20.2 Å². The molecule has 3 heterocycles. The Morgan fingerprint density at radius 2 is 2.08 bits per heavy atom. The van der Waals surface area contributed by atoms with Gasteiger partial charge in [0.05, 0.1) is 12.7 Å². The minimum Gasteiger partial charge on any atom is -0.376 e. The van der Waals surface area contributed by atoms with Gasteiger partial charge in [-0.3, -0.25) is 4.90 Å². The average molecular weight is 328 g/mol. The number of rotatable bonds is 5. The van der Waals surface area contributed by atoms with Crippen molar-refractivity contribution in [3.63, 3.8) is 0 Å². The van der Waals surface area contributed by atoms with E-state index in [1.54, 1.807) is 30.6 Å². The molecule has 0 saturated carbocycles. The van der Waals surface area contributed by atoms with E-state index in [1.165, 1.54) is 6.07 Å². The van der Waals surface area contributed by atoms with Gasteiger partial charge >= 0.3 is 0 Å². The molecule has 2 aliphatic rings. The molecule has 1 aromatic heterocycles. The zero-order valence-corrected chi connectivity index (χ0v) is 13.4. The van der Waals surface area contributed by atoms with Crippen molar-refractivity contribution in [3.05, 3.63) is 54.1 Å². The highest BCUT2D eigenvalue weighted by atomic mass is 19.1. The van der Waals surface area contributed by atoms with Gasteiger partial charge in [0.1, 0.15) is 5.82 Å². The Balaban J connectivity index is 1.33. The van der Waals surface area contributed by atoms with Gasteiger partial charge in [-0.05, 0) is 23.8 Å². The lowest BCUT2D eigenvalue weighted by atomic mass is 9.93. The molecule has 126 valence electrons. The lowest BCUT2D eigenvalue weighted by Crippen LogP contribution is -2.27. The molecule has 1 N–H and O–H groups in total. The molecular weight excluding hydrogens is 307 g/mol. The number of aromatic nitrogens is 2. The van der Waals surface area contributed by atoms with Gasteiger partial charge in [0.25, 0.3) is 0 Å². The van der Waals surface area contributed by atoms with Crippen molar-refractivity contribution in [3.8, 4) is 0 Å². The molecule has 0 spiro atoms. The Labute approximate surface area is 140 Å². The monoisotopic (exact) mass is 328 g/mol. The van der Waals surface area contributed by atoms with Crippen LogP contribution in [0.5, 0.6) is 0 Å². The van der Waals surface area contributed by atoms with Crippen LogP contribution in [0.15, 0.2) is 42.7 Å². The van der Waals surface area contributed by atoms with Crippen LogP contribution < -0.4 is 5.32 Å². The predicted octanol–water partition coefficient (Wildman–Crippen LogP) is 2.17. The second kappa shape index (κ2) is 6.83. The third-order valence-corrected chi connectivity index (χ3v) is 4.90.